The van der Waals surface area contributed by atoms with Gasteiger partial charge in [0.25, 0.3) is 0 Å². The van der Waals surface area contributed by atoms with Crippen molar-refractivity contribution in [3.05, 3.63) is 73.2 Å². The first-order chi connectivity index (χ1) is 15.5. The van der Waals surface area contributed by atoms with Crippen LogP contribution < -0.4 is 9.64 Å². The van der Waals surface area contributed by atoms with E-state index in [9.17, 15) is 4.79 Å². The molecule has 0 spiro atoms. The number of ether oxygens (including phenoxy) is 1. The van der Waals surface area contributed by atoms with Crippen LogP contribution in [0.5, 0.6) is 11.6 Å². The third kappa shape index (κ3) is 4.83. The highest BCUT2D eigenvalue weighted by Gasteiger charge is 2.09. The number of carbonyl (C=O) groups is 1. The summed E-state index contributed by atoms with van der Waals surface area (Å²) in [5.74, 6) is 1.80. The number of likely N-dealkylation sites (N-methyl/N-ethyl adjacent to an activating group) is 2. The van der Waals surface area contributed by atoms with Crippen LogP contribution in [-0.4, -0.2) is 52.9 Å². The normalized spacial score (nSPS) is 10.7. The molecule has 0 aliphatic rings. The van der Waals surface area contributed by atoms with Gasteiger partial charge in [-0.1, -0.05) is 30.3 Å². The minimum atomic E-state index is 0.0322. The van der Waals surface area contributed by atoms with Gasteiger partial charge in [0.15, 0.2) is 5.82 Å². The highest BCUT2D eigenvalue weighted by molar-refractivity contribution is 5.94. The van der Waals surface area contributed by atoms with Crippen molar-refractivity contribution in [3.8, 4) is 22.8 Å². The summed E-state index contributed by atoms with van der Waals surface area (Å²) in [4.78, 5) is 28.2. The molecule has 4 rings (SSSR count). The van der Waals surface area contributed by atoms with E-state index >= 15 is 0 Å². The second kappa shape index (κ2) is 9.43. The first-order valence-electron chi connectivity index (χ1n) is 10.4. The predicted molar refractivity (Wildman–Crippen MR) is 126 cm³/mol. The maximum atomic E-state index is 11.4. The van der Waals surface area contributed by atoms with Gasteiger partial charge < -0.3 is 14.5 Å². The molecular formula is C25H25N5O2. The standard InChI is InChI=1S/C25H25N5O2/c1-18(31)29(2)14-15-30(3)24-16-26-17-25(28-24)32-20-10-8-19(9-11-20)21-12-13-27-23-7-5-4-6-22(21)23/h4-13,16-17H,14-15H2,1-3H3. The zero-order valence-electron chi connectivity index (χ0n) is 18.4. The number of aromatic nitrogens is 3. The lowest BCUT2D eigenvalue weighted by Gasteiger charge is -2.22. The van der Waals surface area contributed by atoms with Crippen LogP contribution in [0.15, 0.2) is 73.2 Å². The lowest BCUT2D eigenvalue weighted by atomic mass is 10.0. The quantitative estimate of drug-likeness (QED) is 0.435. The summed E-state index contributed by atoms with van der Waals surface area (Å²) in [6.07, 6.45) is 5.09. The Labute approximate surface area is 187 Å². The minimum Gasteiger partial charge on any atom is -0.437 e. The third-order valence-corrected chi connectivity index (χ3v) is 5.34. The van der Waals surface area contributed by atoms with E-state index in [2.05, 4.69) is 21.0 Å². The number of fused-ring (bicyclic) bond motifs is 1. The van der Waals surface area contributed by atoms with Crippen molar-refractivity contribution in [2.75, 3.05) is 32.1 Å². The topological polar surface area (TPSA) is 71.5 Å². The predicted octanol–water partition coefficient (Wildman–Crippen LogP) is 4.40. The molecule has 0 aliphatic heterocycles. The number of carbonyl (C=O) groups excluding carboxylic acids is 1. The number of amides is 1. The molecule has 2 heterocycles. The molecular weight excluding hydrogens is 402 g/mol. The SMILES string of the molecule is CC(=O)N(C)CCN(C)c1cncc(Oc2ccc(-c3ccnc4ccccc34)cc2)n1. The van der Waals surface area contributed by atoms with Gasteiger partial charge in [0.1, 0.15) is 5.75 Å². The number of anilines is 1. The number of rotatable bonds is 7. The second-order valence-corrected chi connectivity index (χ2v) is 7.58. The van der Waals surface area contributed by atoms with Gasteiger partial charge in [0, 0.05) is 45.7 Å². The number of hydrogen-bond acceptors (Lipinski definition) is 6. The van der Waals surface area contributed by atoms with Crippen LogP contribution in [0, 0.1) is 0 Å². The van der Waals surface area contributed by atoms with Gasteiger partial charge in [-0.05, 0) is 35.4 Å². The summed E-state index contributed by atoms with van der Waals surface area (Å²) < 4.78 is 5.93. The van der Waals surface area contributed by atoms with Gasteiger partial charge in [0.05, 0.1) is 17.9 Å². The molecule has 0 aliphatic carbocycles. The largest absolute Gasteiger partial charge is 0.437 e. The molecule has 0 bridgehead atoms. The second-order valence-electron chi connectivity index (χ2n) is 7.58. The summed E-state index contributed by atoms with van der Waals surface area (Å²) in [7, 11) is 3.69. The van der Waals surface area contributed by atoms with Gasteiger partial charge in [-0.2, -0.15) is 4.98 Å². The van der Waals surface area contributed by atoms with Crippen LogP contribution in [-0.2, 0) is 4.79 Å². The molecule has 0 saturated heterocycles. The van der Waals surface area contributed by atoms with Crippen LogP contribution >= 0.6 is 0 Å². The third-order valence-electron chi connectivity index (χ3n) is 5.34. The Morgan fingerprint density at radius 1 is 0.969 bits per heavy atom. The average Bonchev–Trinajstić information content (AvgIpc) is 2.82. The summed E-state index contributed by atoms with van der Waals surface area (Å²) in [5.41, 5.74) is 3.18. The van der Waals surface area contributed by atoms with E-state index in [1.807, 2.05) is 66.7 Å². The average molecular weight is 428 g/mol. The fraction of sp³-hybridized carbons (Fsp3) is 0.200. The molecule has 0 unspecified atom stereocenters. The molecule has 32 heavy (non-hydrogen) atoms. The first-order valence-corrected chi connectivity index (χ1v) is 10.4. The van der Waals surface area contributed by atoms with Crippen LogP contribution in [0.3, 0.4) is 0 Å². The van der Waals surface area contributed by atoms with Crippen molar-refractivity contribution in [2.45, 2.75) is 6.92 Å². The lowest BCUT2D eigenvalue weighted by Crippen LogP contribution is -2.33. The number of nitrogens with zero attached hydrogens (tertiary/aromatic N) is 5. The molecule has 2 aromatic carbocycles. The fourth-order valence-corrected chi connectivity index (χ4v) is 3.31. The highest BCUT2D eigenvalue weighted by atomic mass is 16.5. The van der Waals surface area contributed by atoms with E-state index in [0.717, 1.165) is 22.0 Å². The van der Waals surface area contributed by atoms with Crippen molar-refractivity contribution in [3.63, 3.8) is 0 Å². The van der Waals surface area contributed by atoms with Crippen LogP contribution in [0.2, 0.25) is 0 Å². The maximum Gasteiger partial charge on any atom is 0.239 e. The lowest BCUT2D eigenvalue weighted by molar-refractivity contribution is -0.127. The molecule has 7 nitrogen and oxygen atoms in total. The molecule has 0 saturated carbocycles. The van der Waals surface area contributed by atoms with E-state index in [1.54, 1.807) is 31.3 Å². The van der Waals surface area contributed by atoms with Crippen LogP contribution in [0.4, 0.5) is 5.82 Å². The van der Waals surface area contributed by atoms with Crippen LogP contribution in [0.25, 0.3) is 22.0 Å². The van der Waals surface area contributed by atoms with Crippen molar-refractivity contribution in [2.24, 2.45) is 0 Å². The number of benzene rings is 2. The zero-order valence-corrected chi connectivity index (χ0v) is 18.4. The molecule has 0 fully saturated rings. The Balaban J connectivity index is 1.47. The smallest absolute Gasteiger partial charge is 0.239 e. The van der Waals surface area contributed by atoms with Crippen molar-refractivity contribution in [1.82, 2.24) is 19.9 Å². The van der Waals surface area contributed by atoms with Crippen molar-refractivity contribution < 1.29 is 9.53 Å². The molecule has 0 N–H and O–H groups in total. The molecule has 4 aromatic rings. The number of pyridine rings is 1. The number of para-hydroxylation sites is 1. The Morgan fingerprint density at radius 3 is 2.53 bits per heavy atom. The summed E-state index contributed by atoms with van der Waals surface area (Å²) in [5, 5.41) is 1.11. The minimum absolute atomic E-state index is 0.0322. The number of hydrogen-bond donors (Lipinski definition) is 0. The molecule has 0 atom stereocenters. The van der Waals surface area contributed by atoms with Gasteiger partial charge in [0.2, 0.25) is 11.8 Å². The Hall–Kier alpha value is -4.00. The van der Waals surface area contributed by atoms with Gasteiger partial charge >= 0.3 is 0 Å². The Morgan fingerprint density at radius 2 is 1.75 bits per heavy atom. The van der Waals surface area contributed by atoms with E-state index in [-0.39, 0.29) is 5.91 Å². The zero-order chi connectivity index (χ0) is 22.5. The molecule has 0 radical (unpaired) electrons. The molecule has 7 heteroatoms. The van der Waals surface area contributed by atoms with Gasteiger partial charge in [-0.15, -0.1) is 0 Å². The van der Waals surface area contributed by atoms with E-state index in [4.69, 9.17) is 4.74 Å². The highest BCUT2D eigenvalue weighted by Crippen LogP contribution is 2.29. The van der Waals surface area contributed by atoms with Gasteiger partial charge in [-0.25, -0.2) is 0 Å². The molecule has 2 aromatic heterocycles. The summed E-state index contributed by atoms with van der Waals surface area (Å²) >= 11 is 0. The first kappa shape index (κ1) is 21.2. The monoisotopic (exact) mass is 427 g/mol. The molecule has 1 amide bonds. The maximum absolute atomic E-state index is 11.4. The van der Waals surface area contributed by atoms with Crippen molar-refractivity contribution >= 4 is 22.6 Å². The van der Waals surface area contributed by atoms with Crippen LogP contribution in [0.1, 0.15) is 6.92 Å². The summed E-state index contributed by atoms with van der Waals surface area (Å²) in [6, 6.07) is 18.0. The van der Waals surface area contributed by atoms with E-state index in [1.165, 1.54) is 0 Å². The van der Waals surface area contributed by atoms with E-state index < -0.39 is 0 Å². The fourth-order valence-electron chi connectivity index (χ4n) is 3.31. The summed E-state index contributed by atoms with van der Waals surface area (Å²) in [6.45, 7) is 2.79. The van der Waals surface area contributed by atoms with Crippen molar-refractivity contribution in [1.29, 1.82) is 0 Å². The van der Waals surface area contributed by atoms with E-state index in [0.29, 0.717) is 30.5 Å². The Kier molecular flexibility index (Phi) is 6.26. The molecule has 162 valence electrons. The Bertz CT molecular complexity index is 1220. The van der Waals surface area contributed by atoms with Gasteiger partial charge in [-0.3, -0.25) is 14.8 Å².